The fourth-order valence-electron chi connectivity index (χ4n) is 2.23. The molecule has 1 unspecified atom stereocenters. The largest absolute Gasteiger partial charge is 0.495 e. The van der Waals surface area contributed by atoms with E-state index in [-0.39, 0.29) is 11.3 Å². The summed E-state index contributed by atoms with van der Waals surface area (Å²) in [6.07, 6.45) is 4.26. The zero-order valence-corrected chi connectivity index (χ0v) is 15.2. The molecule has 0 aromatic heterocycles. The summed E-state index contributed by atoms with van der Waals surface area (Å²) in [6, 6.07) is 0. The second-order valence-corrected chi connectivity index (χ2v) is 7.83. The van der Waals surface area contributed by atoms with Gasteiger partial charge in [-0.15, -0.1) is 0 Å². The normalized spacial score (nSPS) is 15.4. The van der Waals surface area contributed by atoms with E-state index in [2.05, 4.69) is 0 Å². The van der Waals surface area contributed by atoms with Crippen molar-refractivity contribution in [2.24, 2.45) is 27.9 Å². The molecule has 0 rings (SSSR count). The summed E-state index contributed by atoms with van der Waals surface area (Å²) in [4.78, 5) is 23.9. The number of amides is 1. The summed E-state index contributed by atoms with van der Waals surface area (Å²) >= 11 is 0. The monoisotopic (exact) mass is 312 g/mol. The van der Waals surface area contributed by atoms with Crippen LogP contribution >= 0.6 is 0 Å². The number of nitroso groups, excluding NO2 is 1. The van der Waals surface area contributed by atoms with Crippen LogP contribution in [0.4, 0.5) is 0 Å². The molecule has 22 heavy (non-hydrogen) atoms. The van der Waals surface area contributed by atoms with Gasteiger partial charge in [0.05, 0.1) is 4.76 Å². The number of allylic oxidation sites excluding steroid dienone is 1. The van der Waals surface area contributed by atoms with Crippen molar-refractivity contribution in [1.29, 1.82) is 0 Å². The third kappa shape index (κ3) is 4.75. The van der Waals surface area contributed by atoms with Crippen LogP contribution in [0.25, 0.3) is 0 Å². The molecule has 0 spiro atoms. The molecule has 126 valence electrons. The Morgan fingerprint density at radius 3 is 2.05 bits per heavy atom. The highest BCUT2D eigenvalue weighted by molar-refractivity contribution is 5.72. The minimum absolute atomic E-state index is 0.245. The summed E-state index contributed by atoms with van der Waals surface area (Å²) < 4.78 is 0.401. The fourth-order valence-corrected chi connectivity index (χ4v) is 2.23. The first-order valence-electron chi connectivity index (χ1n) is 7.66. The van der Waals surface area contributed by atoms with Gasteiger partial charge in [0.2, 0.25) is 5.92 Å². The number of carbonyl (C=O) groups excluding carboxylic acids is 1. The van der Waals surface area contributed by atoms with Crippen LogP contribution < -0.4 is 5.73 Å². The van der Waals surface area contributed by atoms with E-state index in [0.29, 0.717) is 4.76 Å². The van der Waals surface area contributed by atoms with Crippen LogP contribution in [0, 0.1) is 33.5 Å². The van der Waals surface area contributed by atoms with Crippen molar-refractivity contribution in [3.05, 3.63) is 23.3 Å². The van der Waals surface area contributed by atoms with Gasteiger partial charge in [0.1, 0.15) is 11.8 Å². The number of carbonyl (C=O) groups is 1. The Bertz CT molecular complexity index is 459. The van der Waals surface area contributed by atoms with Gasteiger partial charge in [0.15, 0.2) is 12.9 Å². The van der Waals surface area contributed by atoms with Gasteiger partial charge >= 0.3 is 5.91 Å². The molecule has 0 saturated carbocycles. The summed E-state index contributed by atoms with van der Waals surface area (Å²) in [5, 5.41) is 9.39. The van der Waals surface area contributed by atoms with Gasteiger partial charge in [-0.25, -0.2) is 4.79 Å². The Morgan fingerprint density at radius 2 is 1.73 bits per heavy atom. The molecule has 0 fully saturated rings. The maximum atomic E-state index is 12.4. The van der Waals surface area contributed by atoms with Gasteiger partial charge in [0, 0.05) is 15.7 Å². The molecule has 0 aliphatic heterocycles. The third-order valence-electron chi connectivity index (χ3n) is 5.08. The van der Waals surface area contributed by atoms with Crippen molar-refractivity contribution in [1.82, 2.24) is 0 Å². The number of aliphatic hydroxyl groups is 1. The zero-order valence-electron chi connectivity index (χ0n) is 15.2. The number of nitrogens with two attached hydrogens (primary N) is 1. The Kier molecular flexibility index (Phi) is 6.25. The Hall–Kier alpha value is -1.52. The summed E-state index contributed by atoms with van der Waals surface area (Å²) in [7, 11) is 1.23. The smallest absolute Gasteiger partial charge is 0.480 e. The van der Waals surface area contributed by atoms with Crippen molar-refractivity contribution >= 4 is 5.91 Å². The lowest BCUT2D eigenvalue weighted by Crippen LogP contribution is -2.43. The quantitative estimate of drug-likeness (QED) is 0.427. The van der Waals surface area contributed by atoms with E-state index in [1.807, 2.05) is 54.9 Å². The summed E-state index contributed by atoms with van der Waals surface area (Å²) in [6.45, 7) is 13.8. The molecule has 0 aromatic rings. The predicted molar refractivity (Wildman–Crippen MR) is 88.9 cm³/mol. The highest BCUT2D eigenvalue weighted by Crippen LogP contribution is 2.47. The van der Waals surface area contributed by atoms with Crippen molar-refractivity contribution in [2.45, 2.75) is 54.9 Å². The first kappa shape index (κ1) is 20.5. The molecule has 0 heterocycles. The molecule has 0 aromatic carbocycles. The van der Waals surface area contributed by atoms with Gasteiger partial charge in [-0.2, -0.15) is 0 Å². The van der Waals surface area contributed by atoms with Crippen LogP contribution in [0.1, 0.15) is 54.9 Å². The molecule has 0 radical (unpaired) electrons. The van der Waals surface area contributed by atoms with Gasteiger partial charge in [-0.1, -0.05) is 34.6 Å². The average molecular weight is 312 g/mol. The molecule has 1 amide bonds. The second-order valence-electron chi connectivity index (χ2n) is 7.83. The predicted octanol–water partition coefficient (Wildman–Crippen LogP) is 3.59. The van der Waals surface area contributed by atoms with Crippen LogP contribution in [-0.4, -0.2) is 22.8 Å². The zero-order chi connectivity index (χ0) is 17.9. The van der Waals surface area contributed by atoms with Crippen LogP contribution in [0.15, 0.2) is 12.0 Å². The van der Waals surface area contributed by atoms with E-state index in [9.17, 15) is 14.8 Å². The van der Waals surface area contributed by atoms with Crippen molar-refractivity contribution in [2.75, 3.05) is 7.05 Å². The topological polar surface area (TPSA) is 83.4 Å². The molecular weight excluding hydrogens is 280 g/mol. The number of nitrogens with zero attached hydrogens (tertiary/aromatic N) is 1. The molecule has 5 nitrogen and oxygen atoms in total. The second kappa shape index (κ2) is 6.71. The van der Waals surface area contributed by atoms with Crippen molar-refractivity contribution < 1.29 is 14.7 Å². The number of hydrogen-bond donors (Lipinski definition) is 2. The highest BCUT2D eigenvalue weighted by Gasteiger charge is 2.55. The van der Waals surface area contributed by atoms with Gasteiger partial charge < -0.3 is 10.8 Å². The molecule has 1 atom stereocenters. The van der Waals surface area contributed by atoms with Crippen molar-refractivity contribution in [3.8, 4) is 0 Å². The first-order valence-corrected chi connectivity index (χ1v) is 7.66. The minimum atomic E-state index is -0.511. The van der Waals surface area contributed by atoms with Gasteiger partial charge in [-0.05, 0) is 26.3 Å². The van der Waals surface area contributed by atoms with Crippen LogP contribution in [0.5, 0.6) is 0 Å². The number of aliphatic hydroxyl groups excluding tert-OH is 1. The molecule has 0 bridgehead atoms. The van der Waals surface area contributed by atoms with E-state index < -0.39 is 22.7 Å². The van der Waals surface area contributed by atoms with E-state index >= 15 is 0 Å². The molecule has 0 aliphatic rings. The molecule has 3 N–H and O–H groups in total. The maximum absolute atomic E-state index is 12.4. The average Bonchev–Trinajstić information content (AvgIpc) is 2.33. The SMILES string of the molecule is CCC(C)(C)C([CH+]C(C)(C)C(C)(C)C=C(N)O)C(=O)[N+](C)=O. The number of hydrogen-bond acceptors (Lipinski definition) is 4. The van der Waals surface area contributed by atoms with E-state index in [1.54, 1.807) is 6.08 Å². The summed E-state index contributed by atoms with van der Waals surface area (Å²) in [5.41, 5.74) is 4.14. The number of rotatable bonds is 7. The third-order valence-corrected chi connectivity index (χ3v) is 5.08. The first-order chi connectivity index (χ1) is 9.68. The Balaban J connectivity index is 5.70. The Morgan fingerprint density at radius 1 is 1.27 bits per heavy atom. The lowest BCUT2D eigenvalue weighted by molar-refractivity contribution is -0.444. The van der Waals surface area contributed by atoms with Gasteiger partial charge in [0.25, 0.3) is 0 Å². The highest BCUT2D eigenvalue weighted by atomic mass is 16.3. The summed E-state index contributed by atoms with van der Waals surface area (Å²) in [5.74, 6) is -1.20. The standard InChI is InChI=1S/C17H31N2O3/c1-9-15(2,3)12(14(21)19(8)22)10-16(4,5)17(6,7)11-13(18)20/h10-12H,9,18H2,1-8H3/q+1/p+1. The molecule has 0 aliphatic carbocycles. The van der Waals surface area contributed by atoms with Crippen LogP contribution in [-0.2, 0) is 4.79 Å². The van der Waals surface area contributed by atoms with Crippen LogP contribution in [0.2, 0.25) is 0 Å². The fraction of sp³-hybridized carbons (Fsp3) is 0.765. The lowest BCUT2D eigenvalue weighted by Gasteiger charge is -2.36. The molecule has 0 saturated heterocycles. The maximum Gasteiger partial charge on any atom is 0.480 e. The van der Waals surface area contributed by atoms with Gasteiger partial charge in [-0.3, -0.25) is 0 Å². The van der Waals surface area contributed by atoms with Crippen molar-refractivity contribution in [3.63, 3.8) is 0 Å². The molecule has 5 heteroatoms. The van der Waals surface area contributed by atoms with E-state index in [4.69, 9.17) is 5.73 Å². The Labute approximate surface area is 134 Å². The van der Waals surface area contributed by atoms with E-state index in [0.717, 1.165) is 6.42 Å². The lowest BCUT2D eigenvalue weighted by atomic mass is 9.60. The van der Waals surface area contributed by atoms with E-state index in [1.165, 1.54) is 7.05 Å². The molecular formula is C17H32N2O3+2. The van der Waals surface area contributed by atoms with Crippen LogP contribution in [0.3, 0.4) is 0 Å². The minimum Gasteiger partial charge on any atom is -0.495 e.